The molecule has 116 valence electrons. The van der Waals surface area contributed by atoms with Crippen molar-refractivity contribution < 1.29 is 27.4 Å². The van der Waals surface area contributed by atoms with Crippen LogP contribution in [0.4, 0.5) is 13.2 Å². The van der Waals surface area contributed by atoms with E-state index in [2.05, 4.69) is 9.72 Å². The molecule has 0 atom stereocenters. The zero-order valence-electron chi connectivity index (χ0n) is 11.8. The molecule has 0 N–H and O–H groups in total. The zero-order valence-corrected chi connectivity index (χ0v) is 11.8. The normalized spacial score (nSPS) is 10.4. The lowest BCUT2D eigenvalue weighted by atomic mass is 10.1. The summed E-state index contributed by atoms with van der Waals surface area (Å²) < 4.78 is 51.6. The van der Waals surface area contributed by atoms with Gasteiger partial charge in [-0.05, 0) is 31.2 Å². The van der Waals surface area contributed by atoms with Crippen molar-refractivity contribution in [1.82, 2.24) is 4.98 Å². The van der Waals surface area contributed by atoms with Crippen LogP contribution < -0.4 is 4.74 Å². The average molecular weight is 311 g/mol. The van der Waals surface area contributed by atoms with Gasteiger partial charge in [0.15, 0.2) is 11.6 Å². The van der Waals surface area contributed by atoms with Crippen LogP contribution in [0.5, 0.6) is 5.75 Å². The molecule has 7 heteroatoms. The standard InChI is InChI=1S/C15H12F3NO3/c1-3-22-11-7-5-8(16)12(13(11)18)14-9(17)4-6-10(19-14)15(20)21-2/h4-7H,3H2,1-2H3. The summed E-state index contributed by atoms with van der Waals surface area (Å²) in [5.74, 6) is -4.16. The van der Waals surface area contributed by atoms with Crippen LogP contribution in [-0.2, 0) is 4.74 Å². The fraction of sp³-hybridized carbons (Fsp3) is 0.200. The number of hydrogen-bond acceptors (Lipinski definition) is 4. The predicted molar refractivity (Wildman–Crippen MR) is 72.1 cm³/mol. The molecule has 0 amide bonds. The first kappa shape index (κ1) is 15.8. The quantitative estimate of drug-likeness (QED) is 0.813. The molecule has 0 bridgehead atoms. The number of carbonyl (C=O) groups is 1. The molecular formula is C15H12F3NO3. The van der Waals surface area contributed by atoms with Gasteiger partial charge >= 0.3 is 5.97 Å². The number of benzene rings is 1. The third-order valence-corrected chi connectivity index (χ3v) is 2.83. The largest absolute Gasteiger partial charge is 0.491 e. The second kappa shape index (κ2) is 6.46. The van der Waals surface area contributed by atoms with Gasteiger partial charge in [0.05, 0.1) is 19.3 Å². The summed E-state index contributed by atoms with van der Waals surface area (Å²) in [5, 5.41) is 0. The van der Waals surface area contributed by atoms with Crippen molar-refractivity contribution in [3.8, 4) is 17.0 Å². The lowest BCUT2D eigenvalue weighted by molar-refractivity contribution is 0.0594. The Morgan fingerprint density at radius 1 is 1.14 bits per heavy atom. The third-order valence-electron chi connectivity index (χ3n) is 2.83. The second-order valence-electron chi connectivity index (χ2n) is 4.19. The molecule has 0 saturated heterocycles. The number of esters is 1. The second-order valence-corrected chi connectivity index (χ2v) is 4.19. The molecule has 0 saturated carbocycles. The summed E-state index contributed by atoms with van der Waals surface area (Å²) in [5.41, 5.74) is -1.59. The molecule has 0 spiro atoms. The number of nitrogens with zero attached hydrogens (tertiary/aromatic N) is 1. The highest BCUT2D eigenvalue weighted by atomic mass is 19.1. The van der Waals surface area contributed by atoms with Crippen LogP contribution in [0.3, 0.4) is 0 Å². The molecule has 2 aromatic rings. The number of carbonyl (C=O) groups excluding carboxylic acids is 1. The highest BCUT2D eigenvalue weighted by Gasteiger charge is 2.22. The van der Waals surface area contributed by atoms with Gasteiger partial charge in [0, 0.05) is 0 Å². The Labute approximate surface area is 124 Å². The van der Waals surface area contributed by atoms with Crippen molar-refractivity contribution in [1.29, 1.82) is 0 Å². The van der Waals surface area contributed by atoms with Crippen LogP contribution in [0.2, 0.25) is 0 Å². The first-order valence-electron chi connectivity index (χ1n) is 6.35. The van der Waals surface area contributed by atoms with Gasteiger partial charge in [-0.15, -0.1) is 0 Å². The molecule has 2 rings (SSSR count). The minimum Gasteiger partial charge on any atom is -0.491 e. The molecule has 4 nitrogen and oxygen atoms in total. The first-order chi connectivity index (χ1) is 10.5. The Balaban J connectivity index is 2.65. The first-order valence-corrected chi connectivity index (χ1v) is 6.35. The minimum atomic E-state index is -1.09. The van der Waals surface area contributed by atoms with E-state index in [9.17, 15) is 18.0 Å². The van der Waals surface area contributed by atoms with Gasteiger partial charge in [0.2, 0.25) is 0 Å². The van der Waals surface area contributed by atoms with Crippen molar-refractivity contribution in [2.75, 3.05) is 13.7 Å². The SMILES string of the molecule is CCOc1ccc(F)c(-c2nc(C(=O)OC)ccc2F)c1F. The summed E-state index contributed by atoms with van der Waals surface area (Å²) in [6, 6.07) is 3.99. The molecule has 0 aliphatic heterocycles. The highest BCUT2D eigenvalue weighted by molar-refractivity contribution is 5.88. The number of halogens is 3. The maximum Gasteiger partial charge on any atom is 0.356 e. The number of rotatable bonds is 4. The number of ether oxygens (including phenoxy) is 2. The van der Waals surface area contributed by atoms with E-state index in [1.807, 2.05) is 0 Å². The van der Waals surface area contributed by atoms with Crippen LogP contribution >= 0.6 is 0 Å². The highest BCUT2D eigenvalue weighted by Crippen LogP contribution is 2.32. The monoisotopic (exact) mass is 311 g/mol. The van der Waals surface area contributed by atoms with Crippen molar-refractivity contribution in [2.24, 2.45) is 0 Å². The number of hydrogen-bond donors (Lipinski definition) is 0. The van der Waals surface area contributed by atoms with Crippen LogP contribution in [0, 0.1) is 17.5 Å². The summed E-state index contributed by atoms with van der Waals surface area (Å²) in [6.07, 6.45) is 0. The molecule has 0 fully saturated rings. The number of methoxy groups -OCH3 is 1. The van der Waals surface area contributed by atoms with E-state index in [0.29, 0.717) is 0 Å². The Morgan fingerprint density at radius 2 is 1.82 bits per heavy atom. The third kappa shape index (κ3) is 2.88. The van der Waals surface area contributed by atoms with Crippen LogP contribution in [0.15, 0.2) is 24.3 Å². The van der Waals surface area contributed by atoms with Gasteiger partial charge < -0.3 is 9.47 Å². The predicted octanol–water partition coefficient (Wildman–Crippen LogP) is 3.35. The van der Waals surface area contributed by atoms with Crippen molar-refractivity contribution >= 4 is 5.97 Å². The molecule has 0 unspecified atom stereocenters. The Bertz CT molecular complexity index is 719. The maximum atomic E-state index is 14.3. The smallest absolute Gasteiger partial charge is 0.356 e. The Hall–Kier alpha value is -2.57. The Kier molecular flexibility index (Phi) is 4.65. The van der Waals surface area contributed by atoms with Gasteiger partial charge in [0.1, 0.15) is 23.0 Å². The summed E-state index contributed by atoms with van der Waals surface area (Å²) in [7, 11) is 1.12. The topological polar surface area (TPSA) is 48.4 Å². The van der Waals surface area contributed by atoms with E-state index in [0.717, 1.165) is 31.4 Å². The molecule has 0 aliphatic carbocycles. The van der Waals surface area contributed by atoms with Gasteiger partial charge in [-0.1, -0.05) is 0 Å². The van der Waals surface area contributed by atoms with Crippen LogP contribution in [-0.4, -0.2) is 24.7 Å². The summed E-state index contributed by atoms with van der Waals surface area (Å²) in [6.45, 7) is 1.78. The lowest BCUT2D eigenvalue weighted by Crippen LogP contribution is -2.07. The molecule has 1 aromatic heterocycles. The Morgan fingerprint density at radius 3 is 2.45 bits per heavy atom. The van der Waals surface area contributed by atoms with E-state index in [1.165, 1.54) is 0 Å². The minimum absolute atomic E-state index is 0.153. The van der Waals surface area contributed by atoms with E-state index >= 15 is 0 Å². The van der Waals surface area contributed by atoms with Crippen molar-refractivity contribution in [3.05, 3.63) is 47.4 Å². The molecule has 22 heavy (non-hydrogen) atoms. The fourth-order valence-electron chi connectivity index (χ4n) is 1.85. The summed E-state index contributed by atoms with van der Waals surface area (Å²) in [4.78, 5) is 15.1. The van der Waals surface area contributed by atoms with Crippen LogP contribution in [0.25, 0.3) is 11.3 Å². The van der Waals surface area contributed by atoms with E-state index in [1.54, 1.807) is 6.92 Å². The zero-order chi connectivity index (χ0) is 16.3. The average Bonchev–Trinajstić information content (AvgIpc) is 2.51. The molecule has 1 aromatic carbocycles. The maximum absolute atomic E-state index is 14.3. The summed E-state index contributed by atoms with van der Waals surface area (Å²) >= 11 is 0. The molecular weight excluding hydrogens is 299 g/mol. The van der Waals surface area contributed by atoms with E-state index < -0.39 is 34.7 Å². The van der Waals surface area contributed by atoms with Gasteiger partial charge in [-0.2, -0.15) is 0 Å². The molecule has 0 radical (unpaired) electrons. The van der Waals surface area contributed by atoms with Gasteiger partial charge in [-0.3, -0.25) is 0 Å². The van der Waals surface area contributed by atoms with Gasteiger partial charge in [-0.25, -0.2) is 22.9 Å². The van der Waals surface area contributed by atoms with E-state index in [-0.39, 0.29) is 18.1 Å². The van der Waals surface area contributed by atoms with Gasteiger partial charge in [0.25, 0.3) is 0 Å². The van der Waals surface area contributed by atoms with Crippen molar-refractivity contribution in [2.45, 2.75) is 6.92 Å². The van der Waals surface area contributed by atoms with E-state index in [4.69, 9.17) is 4.74 Å². The fourth-order valence-corrected chi connectivity index (χ4v) is 1.85. The molecule has 0 aliphatic rings. The lowest BCUT2D eigenvalue weighted by Gasteiger charge is -2.11. The van der Waals surface area contributed by atoms with Crippen LogP contribution in [0.1, 0.15) is 17.4 Å². The number of aromatic nitrogens is 1. The molecule has 1 heterocycles. The van der Waals surface area contributed by atoms with Crippen molar-refractivity contribution in [3.63, 3.8) is 0 Å². The number of pyridine rings is 1.